The molecule has 0 aliphatic heterocycles. The van der Waals surface area contributed by atoms with Gasteiger partial charge in [-0.15, -0.1) is 0 Å². The summed E-state index contributed by atoms with van der Waals surface area (Å²) in [7, 11) is 0. The van der Waals surface area contributed by atoms with E-state index in [4.69, 9.17) is 11.6 Å². The van der Waals surface area contributed by atoms with Crippen molar-refractivity contribution in [1.29, 1.82) is 0 Å². The van der Waals surface area contributed by atoms with Crippen molar-refractivity contribution in [2.75, 3.05) is 5.75 Å². The Morgan fingerprint density at radius 2 is 2.00 bits per heavy atom. The molecule has 14 heavy (non-hydrogen) atoms. The molecule has 1 aromatic rings. The van der Waals surface area contributed by atoms with Crippen LogP contribution in [-0.4, -0.2) is 27.2 Å². The molecule has 0 saturated heterocycles. The maximum Gasteiger partial charge on any atom is 0.122 e. The average Bonchev–Trinajstić information content (AvgIpc) is 2.15. The molecular formula is C9H11ClO3S. The fourth-order valence-corrected chi connectivity index (χ4v) is 1.44. The molecule has 0 aromatic heterocycles. The number of benzene rings is 1. The van der Waals surface area contributed by atoms with Crippen LogP contribution in [-0.2, 0) is 0 Å². The number of phenols is 1. The molecule has 1 aromatic carbocycles. The van der Waals surface area contributed by atoms with E-state index in [-0.39, 0.29) is 17.1 Å². The van der Waals surface area contributed by atoms with Crippen molar-refractivity contribution in [2.24, 2.45) is 0 Å². The lowest BCUT2D eigenvalue weighted by Crippen LogP contribution is -2.19. The van der Waals surface area contributed by atoms with E-state index in [2.05, 4.69) is 12.6 Å². The van der Waals surface area contributed by atoms with Crippen molar-refractivity contribution in [3.05, 3.63) is 28.8 Å². The second-order valence-corrected chi connectivity index (χ2v) is 3.70. The lowest BCUT2D eigenvalue weighted by atomic mass is 10.0. The minimum atomic E-state index is -1.15. The van der Waals surface area contributed by atoms with Gasteiger partial charge < -0.3 is 15.3 Å². The Labute approximate surface area is 92.4 Å². The molecule has 2 unspecified atom stereocenters. The molecule has 0 aliphatic rings. The van der Waals surface area contributed by atoms with Gasteiger partial charge in [-0.05, 0) is 12.1 Å². The number of phenolic OH excluding ortho intramolecular Hbond substituents is 1. The van der Waals surface area contributed by atoms with Crippen molar-refractivity contribution in [3.8, 4) is 5.75 Å². The Hall–Kier alpha value is -0.420. The van der Waals surface area contributed by atoms with Gasteiger partial charge in [0.2, 0.25) is 0 Å². The highest BCUT2D eigenvalue weighted by Gasteiger charge is 2.19. The highest BCUT2D eigenvalue weighted by Crippen LogP contribution is 2.29. The molecule has 0 heterocycles. The Kier molecular flexibility index (Phi) is 4.07. The second-order valence-electron chi connectivity index (χ2n) is 2.90. The van der Waals surface area contributed by atoms with Crippen molar-refractivity contribution in [3.63, 3.8) is 0 Å². The van der Waals surface area contributed by atoms with Crippen LogP contribution in [0, 0.1) is 0 Å². The first-order valence-electron chi connectivity index (χ1n) is 4.01. The van der Waals surface area contributed by atoms with Crippen LogP contribution in [0.4, 0.5) is 0 Å². The molecular weight excluding hydrogens is 224 g/mol. The molecule has 0 bridgehead atoms. The van der Waals surface area contributed by atoms with E-state index >= 15 is 0 Å². The van der Waals surface area contributed by atoms with Crippen molar-refractivity contribution < 1.29 is 15.3 Å². The first-order valence-corrected chi connectivity index (χ1v) is 5.02. The molecule has 2 atom stereocenters. The number of aliphatic hydroxyl groups excluding tert-OH is 2. The van der Waals surface area contributed by atoms with Gasteiger partial charge >= 0.3 is 0 Å². The average molecular weight is 235 g/mol. The third-order valence-electron chi connectivity index (χ3n) is 1.86. The van der Waals surface area contributed by atoms with Gasteiger partial charge in [0, 0.05) is 16.3 Å². The van der Waals surface area contributed by atoms with Crippen LogP contribution in [0.3, 0.4) is 0 Å². The van der Waals surface area contributed by atoms with Gasteiger partial charge in [-0.2, -0.15) is 12.6 Å². The number of hydrogen-bond acceptors (Lipinski definition) is 4. The Morgan fingerprint density at radius 3 is 2.50 bits per heavy atom. The highest BCUT2D eigenvalue weighted by molar-refractivity contribution is 7.80. The van der Waals surface area contributed by atoms with Crippen LogP contribution in [0.1, 0.15) is 11.7 Å². The predicted molar refractivity (Wildman–Crippen MR) is 57.9 cm³/mol. The van der Waals surface area contributed by atoms with E-state index in [1.807, 2.05) is 0 Å². The van der Waals surface area contributed by atoms with Crippen molar-refractivity contribution in [1.82, 2.24) is 0 Å². The van der Waals surface area contributed by atoms with E-state index in [9.17, 15) is 15.3 Å². The molecule has 0 aliphatic carbocycles. The molecule has 3 N–H and O–H groups in total. The van der Waals surface area contributed by atoms with E-state index < -0.39 is 12.2 Å². The van der Waals surface area contributed by atoms with Gasteiger partial charge in [-0.25, -0.2) is 0 Å². The lowest BCUT2D eigenvalue weighted by Gasteiger charge is -2.17. The number of aromatic hydroxyl groups is 1. The smallest absolute Gasteiger partial charge is 0.122 e. The van der Waals surface area contributed by atoms with E-state index in [0.717, 1.165) is 0 Å². The van der Waals surface area contributed by atoms with Crippen LogP contribution in [0.25, 0.3) is 0 Å². The SMILES string of the molecule is Oc1cc(Cl)ccc1C(O)C(O)CS. The van der Waals surface area contributed by atoms with Gasteiger partial charge in [0.1, 0.15) is 11.9 Å². The Balaban J connectivity index is 2.95. The number of aliphatic hydroxyl groups is 2. The molecule has 0 spiro atoms. The molecule has 3 nitrogen and oxygen atoms in total. The number of rotatable bonds is 3. The normalized spacial score (nSPS) is 15.1. The zero-order valence-electron chi connectivity index (χ0n) is 7.26. The largest absolute Gasteiger partial charge is 0.508 e. The van der Waals surface area contributed by atoms with E-state index in [1.54, 1.807) is 0 Å². The highest BCUT2D eigenvalue weighted by atomic mass is 35.5. The number of hydrogen-bond donors (Lipinski definition) is 4. The number of halogens is 1. The summed E-state index contributed by atoms with van der Waals surface area (Å²) in [6, 6.07) is 4.31. The third-order valence-corrected chi connectivity index (χ3v) is 2.47. The molecule has 0 fully saturated rings. The standard InChI is InChI=1S/C9H11ClO3S/c10-5-1-2-6(7(11)3-5)9(13)8(12)4-14/h1-3,8-9,11-14H,4H2. The van der Waals surface area contributed by atoms with Gasteiger partial charge in [0.05, 0.1) is 6.10 Å². The van der Waals surface area contributed by atoms with Crippen LogP contribution >= 0.6 is 24.2 Å². The maximum absolute atomic E-state index is 9.56. The van der Waals surface area contributed by atoms with Crippen molar-refractivity contribution in [2.45, 2.75) is 12.2 Å². The van der Waals surface area contributed by atoms with Crippen molar-refractivity contribution >= 4 is 24.2 Å². The van der Waals surface area contributed by atoms with Crippen LogP contribution in [0.2, 0.25) is 5.02 Å². The van der Waals surface area contributed by atoms with Gasteiger partial charge in [-0.1, -0.05) is 17.7 Å². The predicted octanol–water partition coefficient (Wildman–Crippen LogP) is 1.37. The topological polar surface area (TPSA) is 60.7 Å². The zero-order chi connectivity index (χ0) is 10.7. The molecule has 78 valence electrons. The third kappa shape index (κ3) is 2.54. The van der Waals surface area contributed by atoms with Gasteiger partial charge in [0.25, 0.3) is 0 Å². The summed E-state index contributed by atoms with van der Waals surface area (Å²) in [5, 5.41) is 28.7. The maximum atomic E-state index is 9.56. The lowest BCUT2D eigenvalue weighted by molar-refractivity contribution is 0.0323. The van der Waals surface area contributed by atoms with Gasteiger partial charge in [0.15, 0.2) is 0 Å². The molecule has 5 heteroatoms. The molecule has 1 rings (SSSR count). The quantitative estimate of drug-likeness (QED) is 0.598. The first-order chi connectivity index (χ1) is 6.56. The minimum Gasteiger partial charge on any atom is -0.508 e. The summed E-state index contributed by atoms with van der Waals surface area (Å²) in [6.45, 7) is 0. The van der Waals surface area contributed by atoms with Gasteiger partial charge in [-0.3, -0.25) is 0 Å². The van der Waals surface area contributed by atoms with Crippen LogP contribution < -0.4 is 0 Å². The summed E-state index contributed by atoms with van der Waals surface area (Å²) >= 11 is 9.46. The Bertz CT molecular complexity index is 319. The van der Waals surface area contributed by atoms with E-state index in [1.165, 1.54) is 18.2 Å². The fourth-order valence-electron chi connectivity index (χ4n) is 1.07. The summed E-state index contributed by atoms with van der Waals surface area (Å²) in [4.78, 5) is 0. The summed E-state index contributed by atoms with van der Waals surface area (Å²) in [5.41, 5.74) is 0.246. The molecule has 0 radical (unpaired) electrons. The fraction of sp³-hybridized carbons (Fsp3) is 0.333. The summed E-state index contributed by atoms with van der Waals surface area (Å²) in [6.07, 6.45) is -2.16. The Morgan fingerprint density at radius 1 is 1.36 bits per heavy atom. The summed E-state index contributed by atoms with van der Waals surface area (Å²) in [5.74, 6) is -0.0192. The van der Waals surface area contributed by atoms with Crippen LogP contribution in [0.5, 0.6) is 5.75 Å². The van der Waals surface area contributed by atoms with E-state index in [0.29, 0.717) is 5.02 Å². The summed E-state index contributed by atoms with van der Waals surface area (Å²) < 4.78 is 0. The first kappa shape index (κ1) is 11.7. The molecule has 0 amide bonds. The minimum absolute atomic E-state index is 0.114. The number of thiol groups is 1. The second kappa shape index (κ2) is 4.89. The molecule has 0 saturated carbocycles. The van der Waals surface area contributed by atoms with Crippen LogP contribution in [0.15, 0.2) is 18.2 Å². The monoisotopic (exact) mass is 234 g/mol. The zero-order valence-corrected chi connectivity index (χ0v) is 8.91.